The van der Waals surface area contributed by atoms with Gasteiger partial charge in [-0.3, -0.25) is 0 Å². The maximum absolute atomic E-state index is 11.6. The Morgan fingerprint density at radius 2 is 2.05 bits per heavy atom. The van der Waals surface area contributed by atoms with Gasteiger partial charge in [-0.25, -0.2) is 4.79 Å². The highest BCUT2D eigenvalue weighted by Gasteiger charge is 2.10. The van der Waals surface area contributed by atoms with Gasteiger partial charge in [0.1, 0.15) is 0 Å². The fourth-order valence-corrected chi connectivity index (χ4v) is 1.81. The monoisotopic (exact) mass is 345 g/mol. The molecule has 0 bridgehead atoms. The van der Waals surface area contributed by atoms with E-state index in [4.69, 9.17) is 16.3 Å². The molecule has 0 aliphatic heterocycles. The zero-order chi connectivity index (χ0) is 13.4. The van der Waals surface area contributed by atoms with Gasteiger partial charge in [-0.1, -0.05) is 42.1 Å². The molecule has 0 aromatic heterocycles. The smallest absolute Gasteiger partial charge is 0.334 e. The minimum atomic E-state index is -0.392. The summed E-state index contributed by atoms with van der Waals surface area (Å²) in [5, 5.41) is 3.55. The molecule has 0 amide bonds. The van der Waals surface area contributed by atoms with Crippen LogP contribution in [0.4, 0.5) is 0 Å². The fourth-order valence-electron chi connectivity index (χ4n) is 1.23. The zero-order valence-electron chi connectivity index (χ0n) is 10.4. The summed E-state index contributed by atoms with van der Waals surface area (Å²) in [5.41, 5.74) is 6.88. The number of hydrogen-bond donors (Lipinski definition) is 2. The van der Waals surface area contributed by atoms with Crippen molar-refractivity contribution in [2.45, 2.75) is 0 Å². The maximum Gasteiger partial charge on any atom is 0.334 e. The molecule has 0 aliphatic carbocycles. The highest BCUT2D eigenvalue weighted by Crippen LogP contribution is 2.13. The van der Waals surface area contributed by atoms with Crippen LogP contribution in [0.25, 0.3) is 6.08 Å². The van der Waals surface area contributed by atoms with E-state index < -0.39 is 5.97 Å². The summed E-state index contributed by atoms with van der Waals surface area (Å²) in [6, 6.07) is 9.48. The van der Waals surface area contributed by atoms with Crippen LogP contribution in [0, 0.1) is 0 Å². The molecule has 1 aromatic carbocycles. The van der Waals surface area contributed by atoms with Gasteiger partial charge in [-0.2, -0.15) is 5.10 Å². The average molecular weight is 346 g/mol. The summed E-state index contributed by atoms with van der Waals surface area (Å²) in [4.78, 5) is 11.6. The summed E-state index contributed by atoms with van der Waals surface area (Å²) in [7, 11) is 1.34. The molecule has 0 unspecified atom stereocenters. The number of hydrogen-bond acceptors (Lipinski definition) is 5. The van der Waals surface area contributed by atoms with E-state index >= 15 is 0 Å². The fraction of sp³-hybridized carbons (Fsp3) is 0.167. The van der Waals surface area contributed by atoms with E-state index in [2.05, 4.69) is 5.10 Å². The first-order valence-corrected chi connectivity index (χ1v) is 6.16. The Morgan fingerprint density at radius 1 is 1.42 bits per heavy atom. The van der Waals surface area contributed by atoms with E-state index in [9.17, 15) is 4.79 Å². The number of methoxy groups -OCH3 is 1. The predicted octanol–water partition coefficient (Wildman–Crippen LogP) is 1.74. The van der Waals surface area contributed by atoms with Gasteiger partial charge >= 0.3 is 5.97 Å². The van der Waals surface area contributed by atoms with Crippen LogP contribution in [0.15, 0.2) is 41.0 Å². The second-order valence-corrected chi connectivity index (χ2v) is 4.32. The summed E-state index contributed by atoms with van der Waals surface area (Å²) in [5.74, 6) is 4.99. The SMILES string of the molecule is Br.COC(=O)/C(=C/c1ccccc1)CS/C(N)=N\N. The number of rotatable bonds is 4. The molecule has 0 fully saturated rings. The first-order chi connectivity index (χ1) is 8.67. The van der Waals surface area contributed by atoms with Gasteiger partial charge in [0.2, 0.25) is 0 Å². The lowest BCUT2D eigenvalue weighted by molar-refractivity contribution is -0.135. The molecule has 0 heterocycles. The molecule has 0 aliphatic rings. The van der Waals surface area contributed by atoms with Crippen molar-refractivity contribution in [2.75, 3.05) is 12.9 Å². The van der Waals surface area contributed by atoms with Crippen molar-refractivity contribution in [2.24, 2.45) is 16.7 Å². The number of carbonyl (C=O) groups is 1. The third kappa shape index (κ3) is 6.30. The highest BCUT2D eigenvalue weighted by atomic mass is 79.9. The Labute approximate surface area is 126 Å². The molecular weight excluding hydrogens is 330 g/mol. The lowest BCUT2D eigenvalue weighted by Crippen LogP contribution is -2.13. The predicted molar refractivity (Wildman–Crippen MR) is 85.0 cm³/mol. The molecule has 19 heavy (non-hydrogen) atoms. The Hall–Kier alpha value is -1.47. The van der Waals surface area contributed by atoms with Crippen LogP contribution in [-0.2, 0) is 9.53 Å². The lowest BCUT2D eigenvalue weighted by Gasteiger charge is -2.05. The molecular formula is C12H16BrN3O2S. The van der Waals surface area contributed by atoms with Crippen molar-refractivity contribution >= 4 is 46.0 Å². The Balaban J connectivity index is 0.00000324. The van der Waals surface area contributed by atoms with Gasteiger partial charge in [0, 0.05) is 11.3 Å². The number of benzene rings is 1. The Kier molecular flexibility index (Phi) is 8.73. The van der Waals surface area contributed by atoms with Crippen molar-refractivity contribution in [1.82, 2.24) is 0 Å². The van der Waals surface area contributed by atoms with Crippen molar-refractivity contribution in [3.05, 3.63) is 41.5 Å². The van der Waals surface area contributed by atoms with Gasteiger partial charge in [-0.15, -0.1) is 17.0 Å². The van der Waals surface area contributed by atoms with Gasteiger partial charge in [-0.05, 0) is 11.6 Å². The summed E-state index contributed by atoms with van der Waals surface area (Å²) in [6.07, 6.45) is 1.75. The normalized spacial score (nSPS) is 11.6. The largest absolute Gasteiger partial charge is 0.466 e. The second-order valence-electron chi connectivity index (χ2n) is 3.33. The minimum Gasteiger partial charge on any atom is -0.466 e. The van der Waals surface area contributed by atoms with Crippen LogP contribution in [0.2, 0.25) is 0 Å². The van der Waals surface area contributed by atoms with Crippen LogP contribution >= 0.6 is 28.7 Å². The molecule has 1 rings (SSSR count). The minimum absolute atomic E-state index is 0. The molecule has 1 aromatic rings. The maximum atomic E-state index is 11.6. The molecule has 0 spiro atoms. The quantitative estimate of drug-likeness (QED) is 0.216. The van der Waals surface area contributed by atoms with Crippen molar-refractivity contribution in [3.63, 3.8) is 0 Å². The van der Waals surface area contributed by atoms with E-state index in [1.54, 1.807) is 6.08 Å². The number of ether oxygens (including phenoxy) is 1. The number of nitrogens with zero attached hydrogens (tertiary/aromatic N) is 1. The second kappa shape index (κ2) is 9.46. The summed E-state index contributed by atoms with van der Waals surface area (Å²) >= 11 is 1.18. The summed E-state index contributed by atoms with van der Waals surface area (Å²) < 4.78 is 4.72. The summed E-state index contributed by atoms with van der Waals surface area (Å²) in [6.45, 7) is 0. The van der Waals surface area contributed by atoms with Crippen molar-refractivity contribution in [1.29, 1.82) is 0 Å². The number of amidine groups is 1. The molecule has 0 radical (unpaired) electrons. The third-order valence-electron chi connectivity index (χ3n) is 2.09. The molecule has 5 nitrogen and oxygen atoms in total. The third-order valence-corrected chi connectivity index (χ3v) is 2.95. The molecule has 0 atom stereocenters. The number of thioether (sulfide) groups is 1. The standard InChI is InChI=1S/C12H15N3O2S.BrH/c1-17-11(16)10(8-18-12(13)15-14)7-9-5-3-2-4-6-9;/h2-7H,8,14H2,1H3,(H2,13,15);1H/b10-7+;. The van der Waals surface area contributed by atoms with Crippen LogP contribution in [0.5, 0.6) is 0 Å². The lowest BCUT2D eigenvalue weighted by atomic mass is 10.1. The molecule has 0 saturated heterocycles. The number of halogens is 1. The average Bonchev–Trinajstić information content (AvgIpc) is 2.43. The van der Waals surface area contributed by atoms with E-state index in [0.717, 1.165) is 5.56 Å². The van der Waals surface area contributed by atoms with Gasteiger partial charge in [0.15, 0.2) is 5.17 Å². The van der Waals surface area contributed by atoms with Gasteiger partial charge in [0.05, 0.1) is 7.11 Å². The van der Waals surface area contributed by atoms with Crippen LogP contribution in [0.3, 0.4) is 0 Å². The van der Waals surface area contributed by atoms with E-state index in [1.807, 2.05) is 30.3 Å². The molecule has 7 heteroatoms. The molecule has 0 saturated carbocycles. The van der Waals surface area contributed by atoms with E-state index in [1.165, 1.54) is 18.9 Å². The van der Waals surface area contributed by atoms with Crippen LogP contribution in [0.1, 0.15) is 5.56 Å². The van der Waals surface area contributed by atoms with Crippen LogP contribution < -0.4 is 11.6 Å². The first-order valence-electron chi connectivity index (χ1n) is 5.17. The highest BCUT2D eigenvalue weighted by molar-refractivity contribution is 8.93. The number of esters is 1. The van der Waals surface area contributed by atoms with Crippen molar-refractivity contribution < 1.29 is 9.53 Å². The molecule has 104 valence electrons. The number of carbonyl (C=O) groups excluding carboxylic acids is 1. The molecule has 4 N–H and O–H groups in total. The van der Waals surface area contributed by atoms with Gasteiger partial charge in [0.25, 0.3) is 0 Å². The zero-order valence-corrected chi connectivity index (χ0v) is 12.9. The Bertz CT molecular complexity index is 463. The number of hydrazone groups is 1. The number of nitrogens with two attached hydrogens (primary N) is 2. The van der Waals surface area contributed by atoms with Crippen molar-refractivity contribution in [3.8, 4) is 0 Å². The van der Waals surface area contributed by atoms with E-state index in [0.29, 0.717) is 11.3 Å². The van der Waals surface area contributed by atoms with E-state index in [-0.39, 0.29) is 22.1 Å². The topological polar surface area (TPSA) is 90.7 Å². The first kappa shape index (κ1) is 17.5. The van der Waals surface area contributed by atoms with Gasteiger partial charge < -0.3 is 16.3 Å². The van der Waals surface area contributed by atoms with Crippen LogP contribution in [-0.4, -0.2) is 24.0 Å². The Morgan fingerprint density at radius 3 is 2.58 bits per heavy atom.